The number of fused-ring (bicyclic) bond motifs is 3. The molecule has 4 rings (SSSR count). The van der Waals surface area contributed by atoms with Crippen LogP contribution in [0.4, 0.5) is 5.69 Å². The zero-order valence-electron chi connectivity index (χ0n) is 15.0. The summed E-state index contributed by atoms with van der Waals surface area (Å²) in [6.45, 7) is 3.26. The largest absolute Gasteiger partial charge is 0.399 e. The maximum Gasteiger partial charge on any atom is 0.0492 e. The molecule has 0 saturated carbocycles. The van der Waals surface area contributed by atoms with E-state index in [0.717, 1.165) is 17.8 Å². The van der Waals surface area contributed by atoms with Gasteiger partial charge in [-0.25, -0.2) is 0 Å². The molecular formula is C23H23N3. The van der Waals surface area contributed by atoms with Crippen molar-refractivity contribution in [3.05, 3.63) is 72.1 Å². The van der Waals surface area contributed by atoms with E-state index >= 15 is 0 Å². The first-order valence-corrected chi connectivity index (χ1v) is 9.16. The number of aromatic nitrogens is 2. The standard InChI is InChI=1S/C23H23N3/c1-2-3-14-26-22-8-6-18(5-4-17-10-12-25-13-11-17)15-20(22)21-16-19(24)7-9-23(21)26/h4-13,15-16H,2-3,14,24H2,1H3. The van der Waals surface area contributed by atoms with E-state index < -0.39 is 0 Å². The molecule has 130 valence electrons. The van der Waals surface area contributed by atoms with Crippen molar-refractivity contribution in [2.45, 2.75) is 26.3 Å². The van der Waals surface area contributed by atoms with E-state index in [0.29, 0.717) is 0 Å². The van der Waals surface area contributed by atoms with Crippen LogP contribution in [-0.4, -0.2) is 9.55 Å². The number of nitrogens with zero attached hydrogens (tertiary/aromatic N) is 2. The topological polar surface area (TPSA) is 43.8 Å². The summed E-state index contributed by atoms with van der Waals surface area (Å²) in [5, 5.41) is 2.50. The van der Waals surface area contributed by atoms with Crippen LogP contribution < -0.4 is 5.73 Å². The first kappa shape index (κ1) is 16.4. The smallest absolute Gasteiger partial charge is 0.0492 e. The SMILES string of the molecule is CCCCn1c2ccc(N)cc2c2cc(C=Cc3ccncc3)ccc21. The molecule has 0 saturated heterocycles. The Morgan fingerprint density at radius 2 is 1.58 bits per heavy atom. The van der Waals surface area contributed by atoms with Gasteiger partial charge in [0.05, 0.1) is 0 Å². The number of hydrogen-bond acceptors (Lipinski definition) is 2. The van der Waals surface area contributed by atoms with Crippen LogP contribution in [0.3, 0.4) is 0 Å². The molecule has 0 radical (unpaired) electrons. The molecule has 0 amide bonds. The van der Waals surface area contributed by atoms with Crippen LogP contribution in [-0.2, 0) is 6.54 Å². The van der Waals surface area contributed by atoms with Crippen LogP contribution in [0, 0.1) is 0 Å². The van der Waals surface area contributed by atoms with Gasteiger partial charge in [-0.3, -0.25) is 4.98 Å². The van der Waals surface area contributed by atoms with Gasteiger partial charge in [0.25, 0.3) is 0 Å². The lowest BCUT2D eigenvalue weighted by molar-refractivity contribution is 0.665. The summed E-state index contributed by atoms with van der Waals surface area (Å²) in [4.78, 5) is 4.06. The Hall–Kier alpha value is -3.07. The van der Waals surface area contributed by atoms with Gasteiger partial charge < -0.3 is 10.3 Å². The molecule has 0 bridgehead atoms. The lowest BCUT2D eigenvalue weighted by Crippen LogP contribution is -1.97. The summed E-state index contributed by atoms with van der Waals surface area (Å²) in [5.41, 5.74) is 11.8. The van der Waals surface area contributed by atoms with Crippen molar-refractivity contribution in [3.8, 4) is 0 Å². The van der Waals surface area contributed by atoms with Gasteiger partial charge in [0.1, 0.15) is 0 Å². The molecule has 4 aromatic rings. The number of aryl methyl sites for hydroxylation is 1. The van der Waals surface area contributed by atoms with Gasteiger partial charge in [-0.05, 0) is 60.0 Å². The molecule has 2 aromatic heterocycles. The number of rotatable bonds is 5. The fourth-order valence-corrected chi connectivity index (χ4v) is 3.47. The van der Waals surface area contributed by atoms with E-state index in [2.05, 4.69) is 59.0 Å². The fraction of sp³-hybridized carbons (Fsp3) is 0.174. The highest BCUT2D eigenvalue weighted by Crippen LogP contribution is 2.32. The van der Waals surface area contributed by atoms with Crippen LogP contribution >= 0.6 is 0 Å². The molecule has 0 spiro atoms. The zero-order valence-corrected chi connectivity index (χ0v) is 15.0. The van der Waals surface area contributed by atoms with Crippen LogP contribution in [0.25, 0.3) is 34.0 Å². The molecule has 0 fully saturated rings. The minimum atomic E-state index is 0.810. The number of unbranched alkanes of at least 4 members (excludes halogenated alkanes) is 1. The van der Waals surface area contributed by atoms with E-state index in [9.17, 15) is 0 Å². The molecule has 3 nitrogen and oxygen atoms in total. The predicted molar refractivity (Wildman–Crippen MR) is 112 cm³/mol. The first-order valence-electron chi connectivity index (χ1n) is 9.16. The van der Waals surface area contributed by atoms with Gasteiger partial charge in [-0.2, -0.15) is 0 Å². The lowest BCUT2D eigenvalue weighted by atomic mass is 10.1. The van der Waals surface area contributed by atoms with Gasteiger partial charge in [0.15, 0.2) is 0 Å². The van der Waals surface area contributed by atoms with Crippen molar-refractivity contribution in [2.24, 2.45) is 0 Å². The summed E-state index contributed by atoms with van der Waals surface area (Å²) >= 11 is 0. The molecule has 0 aliphatic heterocycles. The number of pyridine rings is 1. The Balaban J connectivity index is 1.83. The van der Waals surface area contributed by atoms with Gasteiger partial charge in [-0.1, -0.05) is 31.6 Å². The van der Waals surface area contributed by atoms with Crippen LogP contribution in [0.15, 0.2) is 60.9 Å². The summed E-state index contributed by atoms with van der Waals surface area (Å²) in [6, 6.07) is 16.9. The Morgan fingerprint density at radius 3 is 2.35 bits per heavy atom. The van der Waals surface area contributed by atoms with E-state index in [1.807, 2.05) is 30.6 Å². The zero-order chi connectivity index (χ0) is 17.9. The molecule has 2 N–H and O–H groups in total. The Labute approximate surface area is 153 Å². The molecule has 3 heteroatoms. The number of nitrogen functional groups attached to an aromatic ring is 1. The van der Waals surface area contributed by atoms with Gasteiger partial charge in [0, 0.05) is 46.4 Å². The van der Waals surface area contributed by atoms with Crippen LogP contribution in [0.1, 0.15) is 30.9 Å². The van der Waals surface area contributed by atoms with E-state index in [1.54, 1.807) is 0 Å². The Kier molecular flexibility index (Phi) is 4.44. The highest BCUT2D eigenvalue weighted by atomic mass is 15.0. The third-order valence-electron chi connectivity index (χ3n) is 4.82. The second kappa shape index (κ2) is 7.04. The summed E-state index contributed by atoms with van der Waals surface area (Å²) in [7, 11) is 0. The molecule has 0 unspecified atom stereocenters. The average Bonchev–Trinajstić information content (AvgIpc) is 2.98. The Bertz CT molecular complexity index is 1070. The molecule has 0 aliphatic rings. The minimum absolute atomic E-state index is 0.810. The van der Waals surface area contributed by atoms with Gasteiger partial charge in [-0.15, -0.1) is 0 Å². The summed E-state index contributed by atoms with van der Waals surface area (Å²) < 4.78 is 2.42. The second-order valence-electron chi connectivity index (χ2n) is 6.67. The monoisotopic (exact) mass is 341 g/mol. The number of nitrogens with two attached hydrogens (primary N) is 1. The van der Waals surface area contributed by atoms with Crippen molar-refractivity contribution in [3.63, 3.8) is 0 Å². The van der Waals surface area contributed by atoms with Crippen molar-refractivity contribution >= 4 is 39.6 Å². The third kappa shape index (κ3) is 3.08. The Morgan fingerprint density at radius 1 is 0.885 bits per heavy atom. The quantitative estimate of drug-likeness (QED) is 0.470. The van der Waals surface area contributed by atoms with Crippen LogP contribution in [0.2, 0.25) is 0 Å². The minimum Gasteiger partial charge on any atom is -0.399 e. The molecule has 0 atom stereocenters. The fourth-order valence-electron chi connectivity index (χ4n) is 3.47. The normalized spacial score (nSPS) is 11.7. The maximum atomic E-state index is 6.07. The molecule has 2 aromatic carbocycles. The number of benzene rings is 2. The summed E-state index contributed by atoms with van der Waals surface area (Å²) in [5.74, 6) is 0. The van der Waals surface area contributed by atoms with Crippen molar-refractivity contribution in [1.82, 2.24) is 9.55 Å². The highest BCUT2D eigenvalue weighted by Gasteiger charge is 2.10. The second-order valence-corrected chi connectivity index (χ2v) is 6.67. The number of hydrogen-bond donors (Lipinski definition) is 1. The number of anilines is 1. The average molecular weight is 341 g/mol. The molecular weight excluding hydrogens is 318 g/mol. The third-order valence-corrected chi connectivity index (χ3v) is 4.82. The molecule has 26 heavy (non-hydrogen) atoms. The van der Waals surface area contributed by atoms with Crippen molar-refractivity contribution in [2.75, 3.05) is 5.73 Å². The summed E-state index contributed by atoms with van der Waals surface area (Å²) in [6.07, 6.45) is 10.2. The van der Waals surface area contributed by atoms with E-state index in [-0.39, 0.29) is 0 Å². The van der Waals surface area contributed by atoms with Crippen molar-refractivity contribution < 1.29 is 0 Å². The lowest BCUT2D eigenvalue weighted by Gasteiger charge is -2.06. The molecule has 0 aliphatic carbocycles. The van der Waals surface area contributed by atoms with E-state index in [1.165, 1.54) is 40.2 Å². The van der Waals surface area contributed by atoms with Crippen LogP contribution in [0.5, 0.6) is 0 Å². The molecule has 2 heterocycles. The van der Waals surface area contributed by atoms with E-state index in [4.69, 9.17) is 5.73 Å². The first-order chi connectivity index (χ1) is 12.8. The van der Waals surface area contributed by atoms with Gasteiger partial charge >= 0.3 is 0 Å². The van der Waals surface area contributed by atoms with Gasteiger partial charge in [0.2, 0.25) is 0 Å². The maximum absolute atomic E-state index is 6.07. The highest BCUT2D eigenvalue weighted by molar-refractivity contribution is 6.09. The predicted octanol–water partition coefficient (Wildman–Crippen LogP) is 5.74. The van der Waals surface area contributed by atoms with Crippen molar-refractivity contribution in [1.29, 1.82) is 0 Å².